The van der Waals surface area contributed by atoms with Crippen molar-refractivity contribution < 1.29 is 37.0 Å². The van der Waals surface area contributed by atoms with Crippen LogP contribution in [0.5, 0.6) is 0 Å². The fourth-order valence-electron chi connectivity index (χ4n) is 5.94. The molecule has 3 aromatic rings. The Morgan fingerprint density at radius 2 is 1.61 bits per heavy atom. The number of hydrogen-bond donors (Lipinski definition) is 2. The van der Waals surface area contributed by atoms with Gasteiger partial charge in [-0.05, 0) is 106 Å². The zero-order valence-corrected chi connectivity index (χ0v) is 29.6. The lowest BCUT2D eigenvalue weighted by Crippen LogP contribution is -2.51. The van der Waals surface area contributed by atoms with Crippen LogP contribution in [0, 0.1) is 32.0 Å². The van der Waals surface area contributed by atoms with Crippen molar-refractivity contribution in [1.29, 1.82) is 0 Å². The van der Waals surface area contributed by atoms with E-state index in [0.29, 0.717) is 11.6 Å². The molecule has 1 unspecified atom stereocenters. The second-order valence-corrected chi connectivity index (χ2v) is 14.0. The molecule has 49 heavy (non-hydrogen) atoms. The van der Waals surface area contributed by atoms with E-state index in [4.69, 9.17) is 4.74 Å². The fraction of sp³-hybridized carbons (Fsp3) is 0.486. The summed E-state index contributed by atoms with van der Waals surface area (Å²) >= 11 is 0. The van der Waals surface area contributed by atoms with Crippen molar-refractivity contribution in [3.8, 4) is 11.1 Å². The maximum Gasteiger partial charge on any atom is 0.416 e. The van der Waals surface area contributed by atoms with Crippen LogP contribution in [-0.2, 0) is 32.6 Å². The summed E-state index contributed by atoms with van der Waals surface area (Å²) in [5, 5.41) is 14.6. The Balaban J connectivity index is 2.26. The number of alkyl halides is 3. The number of aromatic nitrogens is 1. The van der Waals surface area contributed by atoms with Crippen LogP contribution in [0.3, 0.4) is 0 Å². The molecule has 1 aromatic heterocycles. The van der Waals surface area contributed by atoms with Crippen LogP contribution in [0.4, 0.5) is 17.6 Å². The van der Waals surface area contributed by atoms with Crippen LogP contribution in [0.1, 0.15) is 80.0 Å². The van der Waals surface area contributed by atoms with E-state index < -0.39 is 64.2 Å². The summed E-state index contributed by atoms with van der Waals surface area (Å²) in [4.78, 5) is 42.2. The van der Waals surface area contributed by atoms with Crippen LogP contribution in [-0.4, -0.2) is 53.7 Å². The van der Waals surface area contributed by atoms with Crippen molar-refractivity contribution in [2.75, 3.05) is 27.2 Å². The van der Waals surface area contributed by atoms with Gasteiger partial charge in [-0.2, -0.15) is 13.2 Å². The summed E-state index contributed by atoms with van der Waals surface area (Å²) in [5.41, 5.74) is -2.98. The SMILES string of the molecule is CCOC(=O)C[C@](O)(NC(=O)C(CC(C)(C)C)n1cc(CCN(C)C)c(C(F)(F)F)cc1=O)c1cc(-c2c(C)cccc2C)cc(C)c1F. The van der Waals surface area contributed by atoms with E-state index in [2.05, 4.69) is 5.32 Å². The molecule has 12 heteroatoms. The van der Waals surface area contributed by atoms with Gasteiger partial charge < -0.3 is 24.6 Å². The number of ether oxygens (including phenoxy) is 1. The lowest BCUT2D eigenvalue weighted by Gasteiger charge is -2.34. The van der Waals surface area contributed by atoms with Crippen LogP contribution in [0.2, 0.25) is 0 Å². The number of halogens is 4. The third-order valence-electron chi connectivity index (χ3n) is 8.25. The molecule has 8 nitrogen and oxygen atoms in total. The molecule has 0 saturated heterocycles. The Bertz CT molecular complexity index is 1720. The Kier molecular flexibility index (Phi) is 12.3. The molecule has 268 valence electrons. The number of esters is 1. The number of nitrogens with one attached hydrogen (secondary N) is 1. The largest absolute Gasteiger partial charge is 0.466 e. The number of rotatable bonds is 12. The number of likely N-dealkylation sites (N-methyl/N-ethyl adjacent to an activating group) is 1. The molecule has 3 rings (SSSR count). The van der Waals surface area contributed by atoms with Crippen molar-refractivity contribution >= 4 is 11.9 Å². The fourth-order valence-corrected chi connectivity index (χ4v) is 5.94. The summed E-state index contributed by atoms with van der Waals surface area (Å²) in [6.45, 7) is 12.3. The van der Waals surface area contributed by atoms with Crippen molar-refractivity contribution in [3.05, 3.63) is 92.1 Å². The van der Waals surface area contributed by atoms with Crippen molar-refractivity contribution in [2.45, 2.75) is 85.7 Å². The minimum absolute atomic E-state index is 0.0589. The monoisotopic (exact) mass is 689 g/mol. The van der Waals surface area contributed by atoms with E-state index in [1.807, 2.05) is 32.0 Å². The van der Waals surface area contributed by atoms with Crippen LogP contribution in [0.25, 0.3) is 11.1 Å². The number of aryl methyl sites for hydroxylation is 3. The highest BCUT2D eigenvalue weighted by atomic mass is 19.4. The molecule has 0 spiro atoms. The van der Waals surface area contributed by atoms with Gasteiger partial charge >= 0.3 is 12.1 Å². The lowest BCUT2D eigenvalue weighted by molar-refractivity contribution is -0.153. The Labute approximate surface area is 285 Å². The first-order chi connectivity index (χ1) is 22.6. The summed E-state index contributed by atoms with van der Waals surface area (Å²) < 4.78 is 64.2. The van der Waals surface area contributed by atoms with E-state index in [0.717, 1.165) is 27.5 Å². The molecule has 2 N–H and O–H groups in total. The number of aliphatic hydroxyl groups is 1. The molecule has 0 saturated carbocycles. The zero-order valence-electron chi connectivity index (χ0n) is 29.6. The molecule has 0 aliphatic carbocycles. The second kappa shape index (κ2) is 15.2. The van der Waals surface area contributed by atoms with E-state index in [1.54, 1.807) is 52.8 Å². The summed E-state index contributed by atoms with van der Waals surface area (Å²) in [6.07, 6.45) is -4.82. The number of carbonyl (C=O) groups is 2. The average molecular weight is 690 g/mol. The Morgan fingerprint density at radius 3 is 2.14 bits per heavy atom. The highest BCUT2D eigenvalue weighted by molar-refractivity contribution is 5.83. The molecular weight excluding hydrogens is 642 g/mol. The maximum atomic E-state index is 16.1. The molecule has 1 amide bonds. The van der Waals surface area contributed by atoms with Gasteiger partial charge in [0, 0.05) is 24.4 Å². The normalized spacial score (nSPS) is 14.0. The van der Waals surface area contributed by atoms with E-state index in [9.17, 15) is 32.7 Å². The summed E-state index contributed by atoms with van der Waals surface area (Å²) in [7, 11) is 3.39. The zero-order chi connectivity index (χ0) is 37.1. The van der Waals surface area contributed by atoms with Crippen molar-refractivity contribution in [2.24, 2.45) is 5.41 Å². The number of hydrogen-bond acceptors (Lipinski definition) is 6. The highest BCUT2D eigenvalue weighted by Crippen LogP contribution is 2.37. The van der Waals surface area contributed by atoms with Gasteiger partial charge in [-0.25, -0.2) is 4.39 Å². The van der Waals surface area contributed by atoms with E-state index in [1.165, 1.54) is 13.0 Å². The number of pyridine rings is 1. The summed E-state index contributed by atoms with van der Waals surface area (Å²) in [5.74, 6) is -2.83. The average Bonchev–Trinajstić information content (AvgIpc) is 2.95. The number of nitrogens with zero attached hydrogens (tertiary/aromatic N) is 2. The molecule has 0 aliphatic heterocycles. The van der Waals surface area contributed by atoms with Crippen LogP contribution >= 0.6 is 0 Å². The lowest BCUT2D eigenvalue weighted by atomic mass is 9.86. The first-order valence-corrected chi connectivity index (χ1v) is 16.1. The van der Waals surface area contributed by atoms with Gasteiger partial charge in [-0.3, -0.25) is 14.4 Å². The topological polar surface area (TPSA) is 101 Å². The van der Waals surface area contributed by atoms with Gasteiger partial charge in [0.2, 0.25) is 5.91 Å². The Hall–Kier alpha value is -4.03. The Morgan fingerprint density at radius 1 is 1.00 bits per heavy atom. The van der Waals surface area contributed by atoms with Crippen molar-refractivity contribution in [3.63, 3.8) is 0 Å². The minimum atomic E-state index is -4.82. The molecule has 0 radical (unpaired) electrons. The molecule has 1 heterocycles. The van der Waals surface area contributed by atoms with Gasteiger partial charge in [0.1, 0.15) is 11.9 Å². The molecular formula is C37H47F4N3O5. The second-order valence-electron chi connectivity index (χ2n) is 14.0. The summed E-state index contributed by atoms with van der Waals surface area (Å²) in [6, 6.07) is 7.59. The maximum absolute atomic E-state index is 16.1. The van der Waals surface area contributed by atoms with Crippen molar-refractivity contribution in [1.82, 2.24) is 14.8 Å². The minimum Gasteiger partial charge on any atom is -0.466 e. The van der Waals surface area contributed by atoms with Crippen LogP contribution in [0.15, 0.2) is 47.4 Å². The molecule has 0 bridgehead atoms. The number of amides is 1. The molecule has 0 fully saturated rings. The standard InChI is InChI=1S/C37H47F4N3O5/c1-10-49-31(46)20-36(48,28-17-26(16-24(4)33(28)38)32-22(2)12-11-13-23(32)3)42-34(47)29(19-35(5,6)7)44-21-25(14-15-43(8)9)27(18-30(44)45)37(39,40)41/h11-13,16-18,21,29,48H,10,14-15,19-20H2,1-9H3,(H,42,47)/t29?,36-/m1/s1. The quantitative estimate of drug-likeness (QED) is 0.126. The van der Waals surface area contributed by atoms with Gasteiger partial charge in [0.15, 0.2) is 5.72 Å². The molecule has 2 atom stereocenters. The molecule has 0 aliphatic rings. The van der Waals surface area contributed by atoms with Gasteiger partial charge in [0.25, 0.3) is 5.56 Å². The number of carbonyl (C=O) groups excluding carboxylic acids is 2. The van der Waals surface area contributed by atoms with Gasteiger partial charge in [-0.1, -0.05) is 39.0 Å². The van der Waals surface area contributed by atoms with Gasteiger partial charge in [0.05, 0.1) is 18.6 Å². The third-order valence-corrected chi connectivity index (χ3v) is 8.25. The van der Waals surface area contributed by atoms with Crippen LogP contribution < -0.4 is 10.9 Å². The smallest absolute Gasteiger partial charge is 0.416 e. The first-order valence-electron chi connectivity index (χ1n) is 16.1. The van der Waals surface area contributed by atoms with Gasteiger partial charge in [-0.15, -0.1) is 0 Å². The number of benzene rings is 2. The van der Waals surface area contributed by atoms with E-state index in [-0.39, 0.29) is 37.1 Å². The third kappa shape index (κ3) is 9.78. The first kappa shape index (κ1) is 39.4. The highest BCUT2D eigenvalue weighted by Gasteiger charge is 2.42. The van der Waals surface area contributed by atoms with E-state index >= 15 is 4.39 Å². The molecule has 2 aromatic carbocycles. The predicted molar refractivity (Wildman–Crippen MR) is 180 cm³/mol. The predicted octanol–water partition coefficient (Wildman–Crippen LogP) is 6.59.